The first kappa shape index (κ1) is 14.2. The number of hydrogen-bond acceptors (Lipinski definition) is 4. The van der Waals surface area contributed by atoms with Gasteiger partial charge in [-0.25, -0.2) is 0 Å². The molecular formula is C17H23N3O2. The molecule has 0 bridgehead atoms. The van der Waals surface area contributed by atoms with Crippen LogP contribution in [0.2, 0.25) is 0 Å². The largest absolute Gasteiger partial charge is 0.378 e. The molecule has 0 radical (unpaired) electrons. The fourth-order valence-corrected chi connectivity index (χ4v) is 3.81. The Kier molecular flexibility index (Phi) is 3.62. The molecule has 1 aliphatic carbocycles. The number of carbonyl (C=O) groups excluding carboxylic acids is 1. The van der Waals surface area contributed by atoms with Gasteiger partial charge < -0.3 is 9.64 Å². The van der Waals surface area contributed by atoms with Gasteiger partial charge in [0.1, 0.15) is 0 Å². The summed E-state index contributed by atoms with van der Waals surface area (Å²) >= 11 is 0. The quantitative estimate of drug-likeness (QED) is 0.826. The first-order valence-electron chi connectivity index (χ1n) is 8.27. The molecule has 22 heavy (non-hydrogen) atoms. The van der Waals surface area contributed by atoms with Crippen LogP contribution in [0.3, 0.4) is 0 Å². The van der Waals surface area contributed by atoms with Crippen LogP contribution in [0.4, 0.5) is 0 Å². The Morgan fingerprint density at radius 2 is 2.18 bits per heavy atom. The lowest BCUT2D eigenvalue weighted by Crippen LogP contribution is -2.63. The van der Waals surface area contributed by atoms with Crippen LogP contribution in [0.15, 0.2) is 18.5 Å². The van der Waals surface area contributed by atoms with Crippen molar-refractivity contribution in [2.45, 2.75) is 31.8 Å². The summed E-state index contributed by atoms with van der Waals surface area (Å²) in [5.74, 6) is 0.935. The maximum Gasteiger partial charge on any atom is 0.255 e. The van der Waals surface area contributed by atoms with Gasteiger partial charge in [0.05, 0.1) is 24.8 Å². The van der Waals surface area contributed by atoms with Crippen LogP contribution >= 0.6 is 0 Å². The molecule has 2 saturated heterocycles. The Morgan fingerprint density at radius 3 is 2.95 bits per heavy atom. The van der Waals surface area contributed by atoms with E-state index in [-0.39, 0.29) is 5.91 Å². The minimum Gasteiger partial charge on any atom is -0.378 e. The van der Waals surface area contributed by atoms with E-state index in [0.29, 0.717) is 12.1 Å². The molecule has 1 aromatic rings. The van der Waals surface area contributed by atoms with Crippen LogP contribution in [0.1, 0.15) is 28.8 Å². The molecule has 118 valence electrons. The zero-order valence-corrected chi connectivity index (χ0v) is 13.1. The van der Waals surface area contributed by atoms with Crippen LogP contribution in [-0.4, -0.2) is 65.6 Å². The van der Waals surface area contributed by atoms with Crippen molar-refractivity contribution in [1.82, 2.24) is 14.8 Å². The number of aryl methyl sites for hydroxylation is 1. The third-order valence-electron chi connectivity index (χ3n) is 5.28. The third-order valence-corrected chi connectivity index (χ3v) is 5.28. The van der Waals surface area contributed by atoms with Crippen molar-refractivity contribution in [2.75, 3.05) is 32.8 Å². The van der Waals surface area contributed by atoms with E-state index in [1.165, 1.54) is 12.8 Å². The van der Waals surface area contributed by atoms with Crippen LogP contribution in [0, 0.1) is 12.8 Å². The molecule has 1 saturated carbocycles. The molecule has 1 aromatic heterocycles. The summed E-state index contributed by atoms with van der Waals surface area (Å²) in [6.07, 6.45) is 6.11. The second kappa shape index (κ2) is 5.63. The SMILES string of the molecule is Cc1ccncc1C(=O)N1CCN2[C@@H](COC[C@@H]2C2CC2)C1. The van der Waals surface area contributed by atoms with Crippen LogP contribution in [0.25, 0.3) is 0 Å². The number of amides is 1. The van der Waals surface area contributed by atoms with Crippen molar-refractivity contribution < 1.29 is 9.53 Å². The number of hydrogen-bond donors (Lipinski definition) is 0. The molecule has 3 heterocycles. The summed E-state index contributed by atoms with van der Waals surface area (Å²) in [5, 5.41) is 0. The van der Waals surface area contributed by atoms with E-state index in [4.69, 9.17) is 4.74 Å². The number of morpholine rings is 1. The summed E-state index contributed by atoms with van der Waals surface area (Å²) < 4.78 is 5.82. The van der Waals surface area contributed by atoms with Gasteiger partial charge in [0.15, 0.2) is 0 Å². The van der Waals surface area contributed by atoms with Crippen molar-refractivity contribution in [3.05, 3.63) is 29.6 Å². The average Bonchev–Trinajstić information content (AvgIpc) is 3.38. The maximum atomic E-state index is 12.7. The van der Waals surface area contributed by atoms with Crippen molar-refractivity contribution in [1.29, 1.82) is 0 Å². The van der Waals surface area contributed by atoms with Gasteiger partial charge in [-0.05, 0) is 37.3 Å². The molecule has 5 heteroatoms. The van der Waals surface area contributed by atoms with Crippen molar-refractivity contribution in [2.24, 2.45) is 5.92 Å². The number of carbonyl (C=O) groups is 1. The summed E-state index contributed by atoms with van der Waals surface area (Å²) in [6, 6.07) is 2.83. The third kappa shape index (κ3) is 2.52. The standard InChI is InChI=1S/C17H23N3O2/c1-12-4-5-18-8-15(12)17(21)19-6-7-20-14(9-19)10-22-11-16(20)13-2-3-13/h4-5,8,13-14,16H,2-3,6-7,9-11H2,1H3/t14-,16-/m1/s1. The zero-order chi connectivity index (χ0) is 15.1. The number of pyridine rings is 1. The van der Waals surface area contributed by atoms with Gasteiger partial charge in [-0.1, -0.05) is 0 Å². The van der Waals surface area contributed by atoms with E-state index < -0.39 is 0 Å². The van der Waals surface area contributed by atoms with E-state index >= 15 is 0 Å². The molecule has 2 aliphatic heterocycles. The maximum absolute atomic E-state index is 12.7. The first-order valence-corrected chi connectivity index (χ1v) is 8.27. The second-order valence-electron chi connectivity index (χ2n) is 6.78. The van der Waals surface area contributed by atoms with E-state index in [1.807, 2.05) is 17.9 Å². The molecule has 0 aromatic carbocycles. The van der Waals surface area contributed by atoms with Crippen molar-refractivity contribution in [3.8, 4) is 0 Å². The van der Waals surface area contributed by atoms with Crippen LogP contribution in [-0.2, 0) is 4.74 Å². The average molecular weight is 301 g/mol. The predicted molar refractivity (Wildman–Crippen MR) is 82.7 cm³/mol. The number of nitrogens with zero attached hydrogens (tertiary/aromatic N) is 3. The number of piperazine rings is 1. The van der Waals surface area contributed by atoms with Crippen LogP contribution < -0.4 is 0 Å². The zero-order valence-electron chi connectivity index (χ0n) is 13.1. The minimum atomic E-state index is 0.110. The lowest BCUT2D eigenvalue weighted by Gasteiger charge is -2.48. The number of aromatic nitrogens is 1. The summed E-state index contributed by atoms with van der Waals surface area (Å²) in [6.45, 7) is 6.15. The Balaban J connectivity index is 1.47. The van der Waals surface area contributed by atoms with Gasteiger partial charge >= 0.3 is 0 Å². The molecule has 0 N–H and O–H groups in total. The Labute approximate surface area is 131 Å². The highest BCUT2D eigenvalue weighted by atomic mass is 16.5. The lowest BCUT2D eigenvalue weighted by molar-refractivity contribution is -0.0816. The van der Waals surface area contributed by atoms with Gasteiger partial charge in [0, 0.05) is 38.1 Å². The number of fused-ring (bicyclic) bond motifs is 1. The molecule has 1 amide bonds. The normalized spacial score (nSPS) is 29.2. The minimum absolute atomic E-state index is 0.110. The molecule has 4 rings (SSSR count). The molecule has 0 unspecified atom stereocenters. The van der Waals surface area contributed by atoms with Crippen molar-refractivity contribution >= 4 is 5.91 Å². The van der Waals surface area contributed by atoms with E-state index in [9.17, 15) is 4.79 Å². The first-order chi connectivity index (χ1) is 10.7. The molecular weight excluding hydrogens is 278 g/mol. The smallest absolute Gasteiger partial charge is 0.255 e. The fourth-order valence-electron chi connectivity index (χ4n) is 3.81. The van der Waals surface area contributed by atoms with Gasteiger partial charge in [-0.2, -0.15) is 0 Å². The second-order valence-corrected chi connectivity index (χ2v) is 6.78. The topological polar surface area (TPSA) is 45.7 Å². The van der Waals surface area contributed by atoms with Crippen molar-refractivity contribution in [3.63, 3.8) is 0 Å². The van der Waals surface area contributed by atoms with E-state index in [1.54, 1.807) is 12.4 Å². The number of ether oxygens (including phenoxy) is 1. The van der Waals surface area contributed by atoms with E-state index in [0.717, 1.165) is 49.9 Å². The molecule has 5 nitrogen and oxygen atoms in total. The molecule has 0 spiro atoms. The monoisotopic (exact) mass is 301 g/mol. The number of rotatable bonds is 2. The molecule has 3 fully saturated rings. The predicted octanol–water partition coefficient (Wildman–Crippen LogP) is 1.33. The van der Waals surface area contributed by atoms with Gasteiger partial charge in [0.2, 0.25) is 0 Å². The highest BCUT2D eigenvalue weighted by Gasteiger charge is 2.43. The van der Waals surface area contributed by atoms with Crippen LogP contribution in [0.5, 0.6) is 0 Å². The highest BCUT2D eigenvalue weighted by molar-refractivity contribution is 5.95. The summed E-state index contributed by atoms with van der Waals surface area (Å²) in [4.78, 5) is 21.4. The molecule has 3 aliphatic rings. The summed E-state index contributed by atoms with van der Waals surface area (Å²) in [7, 11) is 0. The molecule has 2 atom stereocenters. The highest BCUT2D eigenvalue weighted by Crippen LogP contribution is 2.38. The Morgan fingerprint density at radius 1 is 1.32 bits per heavy atom. The van der Waals surface area contributed by atoms with Gasteiger partial charge in [-0.3, -0.25) is 14.7 Å². The Bertz CT molecular complexity index is 573. The van der Waals surface area contributed by atoms with E-state index in [2.05, 4.69) is 9.88 Å². The fraction of sp³-hybridized carbons (Fsp3) is 0.647. The lowest BCUT2D eigenvalue weighted by atomic mass is 10.0. The summed E-state index contributed by atoms with van der Waals surface area (Å²) in [5.41, 5.74) is 1.73. The Hall–Kier alpha value is -1.46. The van der Waals surface area contributed by atoms with Gasteiger partial charge in [-0.15, -0.1) is 0 Å². The van der Waals surface area contributed by atoms with Gasteiger partial charge in [0.25, 0.3) is 5.91 Å².